The fraction of sp³-hybridized carbons (Fsp3) is 0.261. The Morgan fingerprint density at radius 1 is 1.00 bits per heavy atom. The molecule has 156 valence electrons. The normalized spacial score (nSPS) is 10.5. The SMILES string of the molecule is COCCNC(=O)c1ccc(-c2cc(NCCc3ccccc3OC)ncn2)cc1. The van der Waals surface area contributed by atoms with Crippen LogP contribution in [0.2, 0.25) is 0 Å². The Morgan fingerprint density at radius 3 is 2.57 bits per heavy atom. The zero-order valence-corrected chi connectivity index (χ0v) is 17.2. The van der Waals surface area contributed by atoms with Crippen LogP contribution in [-0.4, -0.2) is 49.8 Å². The average molecular weight is 406 g/mol. The van der Waals surface area contributed by atoms with Gasteiger partial charge in [0, 0.05) is 37.4 Å². The third-order valence-electron chi connectivity index (χ3n) is 4.59. The van der Waals surface area contributed by atoms with Gasteiger partial charge >= 0.3 is 0 Å². The minimum atomic E-state index is -0.125. The summed E-state index contributed by atoms with van der Waals surface area (Å²) >= 11 is 0. The number of rotatable bonds is 10. The van der Waals surface area contributed by atoms with Gasteiger partial charge in [0.25, 0.3) is 5.91 Å². The number of nitrogens with one attached hydrogen (secondary N) is 2. The molecule has 3 rings (SSSR count). The van der Waals surface area contributed by atoms with Crippen molar-refractivity contribution in [2.75, 3.05) is 39.2 Å². The zero-order valence-electron chi connectivity index (χ0n) is 17.2. The van der Waals surface area contributed by atoms with Gasteiger partial charge in [-0.05, 0) is 30.2 Å². The molecule has 0 aliphatic rings. The zero-order chi connectivity index (χ0) is 21.2. The van der Waals surface area contributed by atoms with Crippen molar-refractivity contribution in [3.05, 3.63) is 72.1 Å². The second-order valence-electron chi connectivity index (χ2n) is 6.60. The summed E-state index contributed by atoms with van der Waals surface area (Å²) in [5.74, 6) is 1.50. The van der Waals surface area contributed by atoms with Gasteiger partial charge in [-0.15, -0.1) is 0 Å². The number of methoxy groups -OCH3 is 2. The van der Waals surface area contributed by atoms with Gasteiger partial charge in [0.2, 0.25) is 0 Å². The van der Waals surface area contributed by atoms with Crippen molar-refractivity contribution in [1.82, 2.24) is 15.3 Å². The van der Waals surface area contributed by atoms with E-state index in [1.807, 2.05) is 36.4 Å². The van der Waals surface area contributed by atoms with Crippen molar-refractivity contribution >= 4 is 11.7 Å². The molecule has 7 heteroatoms. The van der Waals surface area contributed by atoms with E-state index in [0.717, 1.165) is 41.4 Å². The first-order valence-electron chi connectivity index (χ1n) is 9.76. The van der Waals surface area contributed by atoms with Crippen LogP contribution in [0.25, 0.3) is 11.3 Å². The average Bonchev–Trinajstić information content (AvgIpc) is 2.80. The van der Waals surface area contributed by atoms with E-state index in [1.165, 1.54) is 6.33 Å². The van der Waals surface area contributed by atoms with Gasteiger partial charge in [-0.25, -0.2) is 9.97 Å². The Hall–Kier alpha value is -3.45. The topological polar surface area (TPSA) is 85.4 Å². The number of aromatic nitrogens is 2. The summed E-state index contributed by atoms with van der Waals surface area (Å²) in [6.45, 7) is 1.68. The van der Waals surface area contributed by atoms with Crippen molar-refractivity contribution in [3.8, 4) is 17.0 Å². The summed E-state index contributed by atoms with van der Waals surface area (Å²) in [4.78, 5) is 20.7. The minimum absolute atomic E-state index is 0.125. The van der Waals surface area contributed by atoms with Crippen LogP contribution in [0.1, 0.15) is 15.9 Å². The second kappa shape index (κ2) is 10.9. The second-order valence-corrected chi connectivity index (χ2v) is 6.60. The number of hydrogen-bond acceptors (Lipinski definition) is 6. The molecule has 2 N–H and O–H groups in total. The number of amides is 1. The van der Waals surface area contributed by atoms with Crippen molar-refractivity contribution < 1.29 is 14.3 Å². The molecule has 0 aliphatic carbocycles. The molecule has 1 amide bonds. The van der Waals surface area contributed by atoms with Gasteiger partial charge in [-0.3, -0.25) is 4.79 Å². The molecule has 0 saturated carbocycles. The molecule has 1 aromatic heterocycles. The first kappa shape index (κ1) is 21.3. The smallest absolute Gasteiger partial charge is 0.251 e. The fourth-order valence-corrected chi connectivity index (χ4v) is 3.01. The van der Waals surface area contributed by atoms with Crippen molar-refractivity contribution in [2.45, 2.75) is 6.42 Å². The van der Waals surface area contributed by atoms with E-state index in [-0.39, 0.29) is 5.91 Å². The van der Waals surface area contributed by atoms with Crippen LogP contribution in [0.5, 0.6) is 5.75 Å². The Morgan fingerprint density at radius 2 is 1.80 bits per heavy atom. The summed E-state index contributed by atoms with van der Waals surface area (Å²) in [5.41, 5.74) is 3.44. The number of carbonyl (C=O) groups excluding carboxylic acids is 1. The number of anilines is 1. The molecule has 0 spiro atoms. The first-order chi connectivity index (χ1) is 14.7. The van der Waals surface area contributed by atoms with Gasteiger partial charge in [-0.1, -0.05) is 30.3 Å². The molecule has 1 heterocycles. The standard InChI is InChI=1S/C23H26N4O3/c1-29-14-13-25-23(28)19-9-7-17(8-10-19)20-15-22(27-16-26-20)24-12-11-18-5-3-4-6-21(18)30-2/h3-10,15-16H,11-14H2,1-2H3,(H,25,28)(H,24,26,27). The molecular formula is C23H26N4O3. The van der Waals surface area contributed by atoms with E-state index in [9.17, 15) is 4.79 Å². The molecule has 0 atom stereocenters. The maximum Gasteiger partial charge on any atom is 0.251 e. The lowest BCUT2D eigenvalue weighted by Crippen LogP contribution is -2.26. The molecule has 3 aromatic rings. The number of carbonyl (C=O) groups is 1. The van der Waals surface area contributed by atoms with E-state index >= 15 is 0 Å². The largest absolute Gasteiger partial charge is 0.496 e. The van der Waals surface area contributed by atoms with Crippen LogP contribution in [0.3, 0.4) is 0 Å². The lowest BCUT2D eigenvalue weighted by molar-refractivity contribution is 0.0937. The molecule has 0 fully saturated rings. The van der Waals surface area contributed by atoms with Crippen LogP contribution in [0.15, 0.2) is 60.9 Å². The van der Waals surface area contributed by atoms with E-state index in [1.54, 1.807) is 26.4 Å². The summed E-state index contributed by atoms with van der Waals surface area (Å²) in [6.07, 6.45) is 2.35. The van der Waals surface area contributed by atoms with Crippen LogP contribution < -0.4 is 15.4 Å². The summed E-state index contributed by atoms with van der Waals surface area (Å²) in [7, 11) is 3.28. The van der Waals surface area contributed by atoms with Crippen LogP contribution >= 0.6 is 0 Å². The maximum atomic E-state index is 12.1. The molecule has 0 aliphatic heterocycles. The van der Waals surface area contributed by atoms with Gasteiger partial charge in [0.15, 0.2) is 0 Å². The molecule has 7 nitrogen and oxygen atoms in total. The molecular weight excluding hydrogens is 380 g/mol. The van der Waals surface area contributed by atoms with Crippen molar-refractivity contribution in [3.63, 3.8) is 0 Å². The number of ether oxygens (including phenoxy) is 2. The fourth-order valence-electron chi connectivity index (χ4n) is 3.01. The minimum Gasteiger partial charge on any atom is -0.496 e. The molecule has 0 saturated heterocycles. The molecule has 30 heavy (non-hydrogen) atoms. The Balaban J connectivity index is 1.60. The number of nitrogens with zero attached hydrogens (tertiary/aromatic N) is 2. The van der Waals surface area contributed by atoms with Gasteiger partial charge < -0.3 is 20.1 Å². The number of benzene rings is 2. The van der Waals surface area contributed by atoms with Crippen molar-refractivity contribution in [2.24, 2.45) is 0 Å². The highest BCUT2D eigenvalue weighted by Crippen LogP contribution is 2.20. The highest BCUT2D eigenvalue weighted by Gasteiger charge is 2.07. The molecule has 0 bridgehead atoms. The first-order valence-corrected chi connectivity index (χ1v) is 9.76. The maximum absolute atomic E-state index is 12.1. The predicted molar refractivity (Wildman–Crippen MR) is 117 cm³/mol. The lowest BCUT2D eigenvalue weighted by Gasteiger charge is -2.10. The van der Waals surface area contributed by atoms with E-state index < -0.39 is 0 Å². The number of hydrogen-bond donors (Lipinski definition) is 2. The van der Waals surface area contributed by atoms with Gasteiger partial charge in [-0.2, -0.15) is 0 Å². The summed E-state index contributed by atoms with van der Waals surface area (Å²) in [6, 6.07) is 17.2. The third-order valence-corrected chi connectivity index (χ3v) is 4.59. The van der Waals surface area contributed by atoms with Crippen LogP contribution in [0.4, 0.5) is 5.82 Å². The van der Waals surface area contributed by atoms with E-state index in [0.29, 0.717) is 18.7 Å². The molecule has 0 unspecified atom stereocenters. The Kier molecular flexibility index (Phi) is 7.74. The third kappa shape index (κ3) is 5.78. The predicted octanol–water partition coefficient (Wildman–Crippen LogP) is 3.18. The van der Waals surface area contributed by atoms with Crippen molar-refractivity contribution in [1.29, 1.82) is 0 Å². The van der Waals surface area contributed by atoms with E-state index in [4.69, 9.17) is 9.47 Å². The summed E-state index contributed by atoms with van der Waals surface area (Å²) < 4.78 is 10.3. The van der Waals surface area contributed by atoms with Crippen LogP contribution in [0, 0.1) is 0 Å². The summed E-state index contributed by atoms with van der Waals surface area (Å²) in [5, 5.41) is 6.13. The van der Waals surface area contributed by atoms with Crippen LogP contribution in [-0.2, 0) is 11.2 Å². The Labute approximate surface area is 176 Å². The number of para-hydroxylation sites is 1. The quantitative estimate of drug-likeness (QED) is 0.503. The molecule has 2 aromatic carbocycles. The highest BCUT2D eigenvalue weighted by molar-refractivity contribution is 5.94. The highest BCUT2D eigenvalue weighted by atomic mass is 16.5. The molecule has 0 radical (unpaired) electrons. The Bertz CT molecular complexity index is 961. The lowest BCUT2D eigenvalue weighted by atomic mass is 10.1. The van der Waals surface area contributed by atoms with Gasteiger partial charge in [0.05, 0.1) is 19.4 Å². The van der Waals surface area contributed by atoms with E-state index in [2.05, 4.69) is 26.7 Å². The van der Waals surface area contributed by atoms with Gasteiger partial charge in [0.1, 0.15) is 17.9 Å². The monoisotopic (exact) mass is 406 g/mol.